The molecule has 0 atom stereocenters. The first-order chi connectivity index (χ1) is 10.8. The van der Waals surface area contributed by atoms with Crippen molar-refractivity contribution in [3.63, 3.8) is 0 Å². The molecule has 1 aromatic heterocycles. The zero-order valence-electron chi connectivity index (χ0n) is 13.3. The molecule has 0 N–H and O–H groups in total. The van der Waals surface area contributed by atoms with Crippen molar-refractivity contribution in [3.05, 3.63) is 59.9 Å². The first-order valence-electron chi connectivity index (χ1n) is 6.99. The van der Waals surface area contributed by atoms with Gasteiger partial charge in [-0.05, 0) is 35.9 Å². The van der Waals surface area contributed by atoms with Crippen LogP contribution >= 0.6 is 0 Å². The molecule has 122 valence electrons. The van der Waals surface area contributed by atoms with Crippen LogP contribution in [0.15, 0.2) is 53.7 Å². The smallest absolute Gasteiger partial charge is 0.253 e. The van der Waals surface area contributed by atoms with Crippen LogP contribution in [0.2, 0.25) is 0 Å². The van der Waals surface area contributed by atoms with E-state index in [1.54, 1.807) is 24.3 Å². The van der Waals surface area contributed by atoms with Gasteiger partial charge in [0, 0.05) is 45.6 Å². The molecular formula is C16H19N3O3S. The summed E-state index contributed by atoms with van der Waals surface area (Å²) in [7, 11) is 1.14. The fourth-order valence-corrected chi connectivity index (χ4v) is 2.94. The summed E-state index contributed by atoms with van der Waals surface area (Å²) in [6.07, 6.45) is 3.38. The van der Waals surface area contributed by atoms with Crippen molar-refractivity contribution < 1.29 is 13.2 Å². The number of amides is 1. The summed E-state index contributed by atoms with van der Waals surface area (Å²) in [5.41, 5.74) is 1.37. The standard InChI is InChI=1S/C16H19N3O3S/c1-18(2)23(21,22)15-8-6-14(7-9-15)16(20)19(3)12-13-5-4-10-17-11-13/h4-11H,12H2,1-3H3. The highest BCUT2D eigenvalue weighted by Crippen LogP contribution is 2.15. The number of aromatic nitrogens is 1. The van der Waals surface area contributed by atoms with Crippen molar-refractivity contribution in [1.82, 2.24) is 14.2 Å². The first-order valence-corrected chi connectivity index (χ1v) is 8.43. The van der Waals surface area contributed by atoms with Gasteiger partial charge in [0.1, 0.15) is 0 Å². The largest absolute Gasteiger partial charge is 0.337 e. The second-order valence-corrected chi connectivity index (χ2v) is 7.49. The predicted molar refractivity (Wildman–Crippen MR) is 87.3 cm³/mol. The molecule has 0 unspecified atom stereocenters. The third-order valence-corrected chi connectivity index (χ3v) is 5.20. The van der Waals surface area contributed by atoms with Gasteiger partial charge in [-0.15, -0.1) is 0 Å². The maximum Gasteiger partial charge on any atom is 0.253 e. The number of hydrogen-bond donors (Lipinski definition) is 0. The van der Waals surface area contributed by atoms with Gasteiger partial charge in [0.25, 0.3) is 5.91 Å². The number of carbonyl (C=O) groups excluding carboxylic acids is 1. The average Bonchev–Trinajstić information content (AvgIpc) is 2.55. The van der Waals surface area contributed by atoms with Crippen LogP contribution in [0.5, 0.6) is 0 Å². The van der Waals surface area contributed by atoms with Gasteiger partial charge in [0.05, 0.1) is 4.90 Å². The van der Waals surface area contributed by atoms with E-state index in [-0.39, 0.29) is 10.8 Å². The van der Waals surface area contributed by atoms with Crippen molar-refractivity contribution in [2.45, 2.75) is 11.4 Å². The number of hydrogen-bond acceptors (Lipinski definition) is 4. The van der Waals surface area contributed by atoms with Gasteiger partial charge < -0.3 is 4.90 Å². The molecular weight excluding hydrogens is 314 g/mol. The van der Waals surface area contributed by atoms with Crippen LogP contribution in [0.3, 0.4) is 0 Å². The molecule has 0 radical (unpaired) electrons. The lowest BCUT2D eigenvalue weighted by molar-refractivity contribution is 0.0785. The van der Waals surface area contributed by atoms with Gasteiger partial charge in [0.15, 0.2) is 0 Å². The Morgan fingerprint density at radius 3 is 2.26 bits per heavy atom. The van der Waals surface area contributed by atoms with Gasteiger partial charge in [-0.25, -0.2) is 12.7 Å². The molecule has 6 nitrogen and oxygen atoms in total. The summed E-state index contributed by atoms with van der Waals surface area (Å²) in [4.78, 5) is 18.1. The van der Waals surface area contributed by atoms with E-state index in [0.29, 0.717) is 12.1 Å². The summed E-state index contributed by atoms with van der Waals surface area (Å²) >= 11 is 0. The SMILES string of the molecule is CN(Cc1cccnc1)C(=O)c1ccc(S(=O)(=O)N(C)C)cc1. The highest BCUT2D eigenvalue weighted by molar-refractivity contribution is 7.89. The third kappa shape index (κ3) is 3.94. The summed E-state index contributed by atoms with van der Waals surface area (Å²) in [5.74, 6) is -0.178. The zero-order valence-corrected chi connectivity index (χ0v) is 14.1. The lowest BCUT2D eigenvalue weighted by atomic mass is 10.2. The van der Waals surface area contributed by atoms with Gasteiger partial charge in [-0.1, -0.05) is 6.07 Å². The maximum absolute atomic E-state index is 12.4. The number of sulfonamides is 1. The number of carbonyl (C=O) groups is 1. The fraction of sp³-hybridized carbons (Fsp3) is 0.250. The van der Waals surface area contributed by atoms with Crippen molar-refractivity contribution in [3.8, 4) is 0 Å². The summed E-state index contributed by atoms with van der Waals surface area (Å²) < 4.78 is 25.2. The molecule has 0 fully saturated rings. The molecule has 2 rings (SSSR count). The molecule has 2 aromatic rings. The monoisotopic (exact) mass is 333 g/mol. The van der Waals surface area contributed by atoms with Crippen LogP contribution in [0, 0.1) is 0 Å². The Balaban J connectivity index is 2.14. The van der Waals surface area contributed by atoms with Crippen molar-refractivity contribution in [2.75, 3.05) is 21.1 Å². The molecule has 0 saturated carbocycles. The molecule has 1 amide bonds. The predicted octanol–water partition coefficient (Wildman–Crippen LogP) is 1.60. The lowest BCUT2D eigenvalue weighted by Crippen LogP contribution is -2.26. The maximum atomic E-state index is 12.4. The van der Waals surface area contributed by atoms with Crippen LogP contribution in [-0.4, -0.2) is 49.7 Å². The highest BCUT2D eigenvalue weighted by atomic mass is 32.2. The van der Waals surface area contributed by atoms with Crippen LogP contribution in [0.4, 0.5) is 0 Å². The molecule has 0 bridgehead atoms. The van der Waals surface area contributed by atoms with Crippen molar-refractivity contribution >= 4 is 15.9 Å². The van der Waals surface area contributed by atoms with E-state index in [2.05, 4.69) is 4.98 Å². The molecule has 0 aliphatic heterocycles. The Morgan fingerprint density at radius 1 is 1.09 bits per heavy atom. The normalized spacial score (nSPS) is 11.5. The van der Waals surface area contributed by atoms with E-state index in [4.69, 9.17) is 0 Å². The minimum absolute atomic E-state index is 0.161. The van der Waals surface area contributed by atoms with Gasteiger partial charge in [-0.2, -0.15) is 0 Å². The Hall–Kier alpha value is -2.25. The molecule has 0 aliphatic rings. The van der Waals surface area contributed by atoms with Gasteiger partial charge in [-0.3, -0.25) is 9.78 Å². The van der Waals surface area contributed by atoms with E-state index in [1.807, 2.05) is 12.1 Å². The summed E-state index contributed by atoms with van der Waals surface area (Å²) in [6, 6.07) is 9.65. The van der Waals surface area contributed by atoms with E-state index in [0.717, 1.165) is 9.87 Å². The third-order valence-electron chi connectivity index (χ3n) is 3.37. The number of pyridine rings is 1. The first kappa shape index (κ1) is 17.1. The van der Waals surface area contributed by atoms with E-state index in [1.165, 1.54) is 38.4 Å². The average molecular weight is 333 g/mol. The second-order valence-electron chi connectivity index (χ2n) is 5.33. The Bertz CT molecular complexity index is 772. The second kappa shape index (κ2) is 6.89. The Kier molecular flexibility index (Phi) is 5.12. The van der Waals surface area contributed by atoms with Crippen LogP contribution in [0.1, 0.15) is 15.9 Å². The molecule has 0 saturated heterocycles. The summed E-state index contributed by atoms with van der Waals surface area (Å²) in [6.45, 7) is 0.435. The lowest BCUT2D eigenvalue weighted by Gasteiger charge is -2.17. The summed E-state index contributed by atoms with van der Waals surface area (Å²) in [5, 5.41) is 0. The molecule has 1 heterocycles. The Morgan fingerprint density at radius 2 is 1.74 bits per heavy atom. The van der Waals surface area contributed by atoms with Crippen molar-refractivity contribution in [1.29, 1.82) is 0 Å². The van der Waals surface area contributed by atoms with Gasteiger partial charge >= 0.3 is 0 Å². The quantitative estimate of drug-likeness (QED) is 0.833. The molecule has 1 aromatic carbocycles. The highest BCUT2D eigenvalue weighted by Gasteiger charge is 2.18. The van der Waals surface area contributed by atoms with Crippen LogP contribution < -0.4 is 0 Å². The zero-order chi connectivity index (χ0) is 17.0. The van der Waals surface area contributed by atoms with Crippen molar-refractivity contribution in [2.24, 2.45) is 0 Å². The van der Waals surface area contributed by atoms with E-state index >= 15 is 0 Å². The fourth-order valence-electron chi connectivity index (χ4n) is 2.04. The minimum Gasteiger partial charge on any atom is -0.337 e. The molecule has 0 aliphatic carbocycles. The molecule has 23 heavy (non-hydrogen) atoms. The topological polar surface area (TPSA) is 70.6 Å². The number of nitrogens with zero attached hydrogens (tertiary/aromatic N) is 3. The van der Waals surface area contributed by atoms with Crippen LogP contribution in [0.25, 0.3) is 0 Å². The molecule has 0 spiro atoms. The Labute approximate surface area is 136 Å². The number of benzene rings is 1. The van der Waals surface area contributed by atoms with E-state index in [9.17, 15) is 13.2 Å². The molecule has 7 heteroatoms. The van der Waals surface area contributed by atoms with Gasteiger partial charge in [0.2, 0.25) is 10.0 Å². The van der Waals surface area contributed by atoms with Crippen LogP contribution in [-0.2, 0) is 16.6 Å². The van der Waals surface area contributed by atoms with E-state index < -0.39 is 10.0 Å². The minimum atomic E-state index is -3.49. The number of rotatable bonds is 5.